The summed E-state index contributed by atoms with van der Waals surface area (Å²) in [6, 6.07) is 13.0. The van der Waals surface area contributed by atoms with E-state index in [4.69, 9.17) is 0 Å². The Morgan fingerprint density at radius 2 is 2.00 bits per heavy atom. The van der Waals surface area contributed by atoms with Crippen molar-refractivity contribution in [2.75, 3.05) is 11.9 Å². The van der Waals surface area contributed by atoms with Gasteiger partial charge in [-0.05, 0) is 24.3 Å². The van der Waals surface area contributed by atoms with E-state index in [1.807, 2.05) is 30.3 Å². The highest BCUT2D eigenvalue weighted by molar-refractivity contribution is 5.85. The molecule has 0 aliphatic rings. The molecule has 2 aromatic carbocycles. The number of nitrogens with one attached hydrogen (secondary N) is 2. The molecule has 118 valence electrons. The fraction of sp³-hybridized carbons (Fsp3) is 0.0667. The summed E-state index contributed by atoms with van der Waals surface area (Å²) in [6.07, 6.45) is 1.26. The summed E-state index contributed by atoms with van der Waals surface area (Å²) in [7, 11) is 0. The molecule has 23 heavy (non-hydrogen) atoms. The lowest BCUT2D eigenvalue weighted by Gasteiger charge is -2.04. The summed E-state index contributed by atoms with van der Waals surface area (Å²) < 4.78 is 0. The standard InChI is InChI=1S/C15H14N4O4/c20-14-7-6-11(8-13(14)19(22)23)9-17-18-15(21)10-16-12-4-2-1-3-5-12/h1-9,16,20H,10H2,(H,18,21)/b17-9+. The number of carbonyl (C=O) groups is 1. The number of phenolic OH excluding ortho intramolecular Hbond substituents is 1. The number of hydrogen-bond acceptors (Lipinski definition) is 6. The van der Waals surface area contributed by atoms with E-state index in [1.54, 1.807) is 0 Å². The summed E-state index contributed by atoms with van der Waals surface area (Å²) in [6.45, 7) is 0.0388. The molecule has 0 aliphatic heterocycles. The van der Waals surface area contributed by atoms with E-state index >= 15 is 0 Å². The number of anilines is 1. The molecule has 3 N–H and O–H groups in total. The van der Waals surface area contributed by atoms with Crippen molar-refractivity contribution in [2.24, 2.45) is 5.10 Å². The summed E-state index contributed by atoms with van der Waals surface area (Å²) in [5.74, 6) is -0.790. The predicted molar refractivity (Wildman–Crippen MR) is 85.4 cm³/mol. The van der Waals surface area contributed by atoms with Gasteiger partial charge >= 0.3 is 5.69 Å². The van der Waals surface area contributed by atoms with Gasteiger partial charge in [0.1, 0.15) is 0 Å². The molecule has 0 atom stereocenters. The van der Waals surface area contributed by atoms with Gasteiger partial charge in [0, 0.05) is 17.3 Å². The zero-order chi connectivity index (χ0) is 16.7. The summed E-state index contributed by atoms with van der Waals surface area (Å²) in [5.41, 5.74) is 3.06. The quantitative estimate of drug-likeness (QED) is 0.427. The number of nitro groups is 1. The number of aromatic hydroxyl groups is 1. The third kappa shape index (κ3) is 4.81. The third-order valence-corrected chi connectivity index (χ3v) is 2.83. The summed E-state index contributed by atoms with van der Waals surface area (Å²) in [4.78, 5) is 21.6. The second kappa shape index (κ2) is 7.55. The van der Waals surface area contributed by atoms with Gasteiger partial charge in [-0.25, -0.2) is 5.43 Å². The molecule has 1 amide bonds. The van der Waals surface area contributed by atoms with E-state index in [0.29, 0.717) is 5.56 Å². The molecule has 0 heterocycles. The van der Waals surface area contributed by atoms with E-state index in [2.05, 4.69) is 15.8 Å². The first-order chi connectivity index (χ1) is 11.1. The fourth-order valence-corrected chi connectivity index (χ4v) is 1.72. The van der Waals surface area contributed by atoms with Crippen molar-refractivity contribution in [3.8, 4) is 5.75 Å². The molecule has 2 aromatic rings. The first-order valence-electron chi connectivity index (χ1n) is 6.64. The molecule has 2 rings (SSSR count). The van der Waals surface area contributed by atoms with Gasteiger partial charge in [0.05, 0.1) is 17.7 Å². The van der Waals surface area contributed by atoms with Gasteiger partial charge in [-0.3, -0.25) is 14.9 Å². The number of hydrazone groups is 1. The lowest BCUT2D eigenvalue weighted by atomic mass is 10.2. The Kier molecular flexibility index (Phi) is 5.24. The van der Waals surface area contributed by atoms with Crippen LogP contribution in [0.15, 0.2) is 53.6 Å². The maximum Gasteiger partial charge on any atom is 0.311 e. The molecule has 8 heteroatoms. The normalized spacial score (nSPS) is 10.4. The van der Waals surface area contributed by atoms with Crippen molar-refractivity contribution >= 4 is 23.5 Å². The minimum absolute atomic E-state index is 0.0388. The predicted octanol–water partition coefficient (Wildman–Crippen LogP) is 1.86. The highest BCUT2D eigenvalue weighted by atomic mass is 16.6. The smallest absolute Gasteiger partial charge is 0.311 e. The topological polar surface area (TPSA) is 117 Å². The van der Waals surface area contributed by atoms with Crippen LogP contribution >= 0.6 is 0 Å². The Morgan fingerprint density at radius 1 is 1.26 bits per heavy atom. The van der Waals surface area contributed by atoms with Crippen LogP contribution in [0.25, 0.3) is 0 Å². The van der Waals surface area contributed by atoms with Crippen LogP contribution in [0.2, 0.25) is 0 Å². The number of hydrogen-bond donors (Lipinski definition) is 3. The van der Waals surface area contributed by atoms with Crippen LogP contribution in [0.1, 0.15) is 5.56 Å². The number of nitrogens with zero attached hydrogens (tertiary/aromatic N) is 2. The Bertz CT molecular complexity index is 732. The van der Waals surface area contributed by atoms with Gasteiger partial charge < -0.3 is 10.4 Å². The van der Waals surface area contributed by atoms with Crippen LogP contribution in [-0.4, -0.2) is 28.7 Å². The van der Waals surface area contributed by atoms with E-state index < -0.39 is 16.4 Å². The number of phenols is 1. The van der Waals surface area contributed by atoms with Crippen LogP contribution < -0.4 is 10.7 Å². The van der Waals surface area contributed by atoms with Gasteiger partial charge in [-0.1, -0.05) is 18.2 Å². The zero-order valence-corrected chi connectivity index (χ0v) is 12.0. The van der Waals surface area contributed by atoms with Crippen LogP contribution in [0.3, 0.4) is 0 Å². The zero-order valence-electron chi connectivity index (χ0n) is 12.0. The molecule has 0 spiro atoms. The number of carbonyl (C=O) groups excluding carboxylic acids is 1. The second-order valence-electron chi connectivity index (χ2n) is 4.52. The van der Waals surface area contributed by atoms with Gasteiger partial charge in [0.15, 0.2) is 5.75 Å². The molecule has 0 bridgehead atoms. The van der Waals surface area contributed by atoms with Crippen molar-refractivity contribution in [2.45, 2.75) is 0 Å². The van der Waals surface area contributed by atoms with E-state index in [1.165, 1.54) is 18.3 Å². The van der Waals surface area contributed by atoms with Crippen molar-refractivity contribution < 1.29 is 14.8 Å². The minimum Gasteiger partial charge on any atom is -0.502 e. The summed E-state index contributed by atoms with van der Waals surface area (Å²) >= 11 is 0. The van der Waals surface area contributed by atoms with Crippen molar-refractivity contribution in [3.63, 3.8) is 0 Å². The molecule has 0 unspecified atom stereocenters. The molecule has 0 saturated heterocycles. The Morgan fingerprint density at radius 3 is 2.70 bits per heavy atom. The first-order valence-corrected chi connectivity index (χ1v) is 6.64. The van der Waals surface area contributed by atoms with Crippen molar-refractivity contribution in [3.05, 3.63) is 64.2 Å². The van der Waals surface area contributed by atoms with E-state index in [-0.39, 0.29) is 12.5 Å². The minimum atomic E-state index is -0.699. The maximum atomic E-state index is 11.6. The lowest BCUT2D eigenvalue weighted by molar-refractivity contribution is -0.385. The number of amides is 1. The number of rotatable bonds is 6. The lowest BCUT2D eigenvalue weighted by Crippen LogP contribution is -2.25. The van der Waals surface area contributed by atoms with Gasteiger partial charge in [-0.2, -0.15) is 5.10 Å². The molecule has 0 radical (unpaired) electrons. The molecule has 8 nitrogen and oxygen atoms in total. The highest BCUT2D eigenvalue weighted by Gasteiger charge is 2.12. The molecule has 0 aliphatic carbocycles. The number of para-hydroxylation sites is 1. The van der Waals surface area contributed by atoms with Gasteiger partial charge in [0.2, 0.25) is 0 Å². The first kappa shape index (κ1) is 16.0. The summed E-state index contributed by atoms with van der Waals surface area (Å²) in [5, 5.41) is 26.7. The van der Waals surface area contributed by atoms with E-state index in [0.717, 1.165) is 11.8 Å². The van der Waals surface area contributed by atoms with Crippen LogP contribution in [0.5, 0.6) is 5.75 Å². The molecule has 0 fully saturated rings. The SMILES string of the molecule is O=C(CNc1ccccc1)N/N=C/c1ccc(O)c([N+](=O)[O-])c1. The Balaban J connectivity index is 1.87. The largest absolute Gasteiger partial charge is 0.502 e. The monoisotopic (exact) mass is 314 g/mol. The van der Waals surface area contributed by atoms with Crippen LogP contribution in [0.4, 0.5) is 11.4 Å². The molecule has 0 aromatic heterocycles. The molecule has 0 saturated carbocycles. The number of nitro benzene ring substituents is 1. The van der Waals surface area contributed by atoms with Crippen LogP contribution in [0, 0.1) is 10.1 Å². The third-order valence-electron chi connectivity index (χ3n) is 2.83. The highest BCUT2D eigenvalue weighted by Crippen LogP contribution is 2.25. The average Bonchev–Trinajstić information content (AvgIpc) is 2.55. The average molecular weight is 314 g/mol. The maximum absolute atomic E-state index is 11.6. The molecular formula is C15H14N4O4. The fourth-order valence-electron chi connectivity index (χ4n) is 1.72. The van der Waals surface area contributed by atoms with Crippen molar-refractivity contribution in [1.29, 1.82) is 0 Å². The Hall–Kier alpha value is -3.42. The molecular weight excluding hydrogens is 300 g/mol. The van der Waals surface area contributed by atoms with Crippen molar-refractivity contribution in [1.82, 2.24) is 5.43 Å². The second-order valence-corrected chi connectivity index (χ2v) is 4.52. The number of benzene rings is 2. The Labute approximate surface area is 131 Å². The van der Waals surface area contributed by atoms with E-state index in [9.17, 15) is 20.0 Å². The van der Waals surface area contributed by atoms with Gasteiger partial charge in [0.25, 0.3) is 5.91 Å². The van der Waals surface area contributed by atoms with Gasteiger partial charge in [-0.15, -0.1) is 0 Å². The van der Waals surface area contributed by atoms with Crippen LogP contribution in [-0.2, 0) is 4.79 Å².